The van der Waals surface area contributed by atoms with Crippen molar-refractivity contribution in [3.63, 3.8) is 0 Å². The summed E-state index contributed by atoms with van der Waals surface area (Å²) in [5.74, 6) is 2.11. The van der Waals surface area contributed by atoms with Crippen molar-refractivity contribution in [3.8, 4) is 0 Å². The maximum atomic E-state index is 13.8. The highest BCUT2D eigenvalue weighted by molar-refractivity contribution is 7.99. The molecule has 4 heteroatoms. The predicted octanol–water partition coefficient (Wildman–Crippen LogP) is 3.60. The van der Waals surface area contributed by atoms with Crippen molar-refractivity contribution in [3.05, 3.63) is 29.6 Å². The fourth-order valence-corrected chi connectivity index (χ4v) is 4.36. The van der Waals surface area contributed by atoms with Crippen molar-refractivity contribution in [2.24, 2.45) is 0 Å². The number of halogens is 1. The van der Waals surface area contributed by atoms with E-state index >= 15 is 0 Å². The van der Waals surface area contributed by atoms with Crippen LogP contribution in [0.5, 0.6) is 0 Å². The smallest absolute Gasteiger partial charge is 0.146 e. The number of rotatable bonds is 2. The van der Waals surface area contributed by atoms with Gasteiger partial charge in [-0.2, -0.15) is 11.8 Å². The molecule has 1 spiro atoms. The highest BCUT2D eigenvalue weighted by Gasteiger charge is 2.40. The Labute approximate surface area is 118 Å². The van der Waals surface area contributed by atoms with Crippen molar-refractivity contribution >= 4 is 17.4 Å². The van der Waals surface area contributed by atoms with E-state index < -0.39 is 0 Å². The molecule has 3 rings (SSSR count). The number of hydrogen-bond donors (Lipinski definition) is 1. The first-order chi connectivity index (χ1) is 9.17. The van der Waals surface area contributed by atoms with Crippen LogP contribution in [0.3, 0.4) is 0 Å². The van der Waals surface area contributed by atoms with Crippen LogP contribution in [-0.2, 0) is 4.74 Å². The minimum absolute atomic E-state index is 0.0425. The van der Waals surface area contributed by atoms with Gasteiger partial charge in [0.1, 0.15) is 5.82 Å². The van der Waals surface area contributed by atoms with Crippen LogP contribution >= 0.6 is 11.8 Å². The van der Waals surface area contributed by atoms with Gasteiger partial charge < -0.3 is 10.1 Å². The predicted molar refractivity (Wildman–Crippen MR) is 78.4 cm³/mol. The van der Waals surface area contributed by atoms with Gasteiger partial charge in [-0.15, -0.1) is 0 Å². The lowest BCUT2D eigenvalue weighted by atomic mass is 9.89. The Morgan fingerprint density at radius 1 is 1.47 bits per heavy atom. The summed E-state index contributed by atoms with van der Waals surface area (Å²) in [4.78, 5) is 0. The first-order valence-electron chi connectivity index (χ1n) is 6.91. The van der Waals surface area contributed by atoms with Crippen LogP contribution in [-0.4, -0.2) is 29.8 Å². The summed E-state index contributed by atoms with van der Waals surface area (Å²) >= 11 is 1.97. The Morgan fingerprint density at radius 2 is 2.37 bits per heavy atom. The quantitative estimate of drug-likeness (QED) is 0.895. The van der Waals surface area contributed by atoms with E-state index in [1.165, 1.54) is 11.8 Å². The number of benzene rings is 1. The van der Waals surface area contributed by atoms with Gasteiger partial charge in [0.2, 0.25) is 0 Å². The van der Waals surface area contributed by atoms with Gasteiger partial charge in [0, 0.05) is 18.4 Å². The van der Waals surface area contributed by atoms with Crippen molar-refractivity contribution < 1.29 is 9.13 Å². The van der Waals surface area contributed by atoms with E-state index in [1.807, 2.05) is 24.8 Å². The van der Waals surface area contributed by atoms with Crippen LogP contribution in [0.2, 0.25) is 0 Å². The lowest BCUT2D eigenvalue weighted by molar-refractivity contribution is -0.0628. The molecule has 0 amide bonds. The SMILES string of the molecule is Cc1ccc(F)c(NC2CCOC3(CCSC3)C2)c1. The number of nitrogens with one attached hydrogen (secondary N) is 1. The summed E-state index contributed by atoms with van der Waals surface area (Å²) in [6.07, 6.45) is 3.08. The lowest BCUT2D eigenvalue weighted by Crippen LogP contribution is -2.44. The average molecular weight is 281 g/mol. The molecule has 2 fully saturated rings. The topological polar surface area (TPSA) is 21.3 Å². The Morgan fingerprint density at radius 3 is 3.16 bits per heavy atom. The summed E-state index contributed by atoms with van der Waals surface area (Å²) in [5, 5.41) is 3.38. The van der Waals surface area contributed by atoms with Crippen molar-refractivity contribution in [1.82, 2.24) is 0 Å². The van der Waals surface area contributed by atoms with Crippen LogP contribution in [0.4, 0.5) is 10.1 Å². The third-order valence-corrected chi connectivity index (χ3v) is 5.26. The van der Waals surface area contributed by atoms with Gasteiger partial charge in [-0.25, -0.2) is 4.39 Å². The number of ether oxygens (including phenoxy) is 1. The van der Waals surface area contributed by atoms with Crippen molar-refractivity contribution in [2.45, 2.75) is 37.8 Å². The third kappa shape index (κ3) is 2.90. The molecular weight excluding hydrogens is 261 g/mol. The second-order valence-electron chi connectivity index (χ2n) is 5.65. The molecule has 19 heavy (non-hydrogen) atoms. The number of anilines is 1. The Hall–Kier alpha value is -0.740. The Bertz CT molecular complexity index is 459. The Balaban J connectivity index is 1.70. The molecule has 0 aliphatic carbocycles. The van der Waals surface area contributed by atoms with Crippen molar-refractivity contribution in [2.75, 3.05) is 23.4 Å². The Kier molecular flexibility index (Phi) is 3.72. The average Bonchev–Trinajstić information content (AvgIpc) is 2.82. The molecule has 2 aliphatic heterocycles. The third-order valence-electron chi connectivity index (χ3n) is 4.04. The van der Waals surface area contributed by atoms with Gasteiger partial charge in [0.15, 0.2) is 0 Å². The van der Waals surface area contributed by atoms with E-state index in [1.54, 1.807) is 6.07 Å². The van der Waals surface area contributed by atoms with Crippen LogP contribution in [0.15, 0.2) is 18.2 Å². The number of thioether (sulfide) groups is 1. The zero-order chi connectivity index (χ0) is 13.3. The van der Waals surface area contributed by atoms with Crippen molar-refractivity contribution in [1.29, 1.82) is 0 Å². The molecule has 0 saturated carbocycles. The highest BCUT2D eigenvalue weighted by atomic mass is 32.2. The summed E-state index contributed by atoms with van der Waals surface area (Å²) in [7, 11) is 0. The summed E-state index contributed by atoms with van der Waals surface area (Å²) in [5.41, 5.74) is 1.76. The number of hydrogen-bond acceptors (Lipinski definition) is 3. The maximum Gasteiger partial charge on any atom is 0.146 e. The highest BCUT2D eigenvalue weighted by Crippen LogP contribution is 2.39. The molecule has 0 radical (unpaired) electrons. The molecule has 2 unspecified atom stereocenters. The summed E-state index contributed by atoms with van der Waals surface area (Å²) in [6.45, 7) is 2.77. The van der Waals surface area contributed by atoms with Gasteiger partial charge >= 0.3 is 0 Å². The molecular formula is C15H20FNOS. The van der Waals surface area contributed by atoms with E-state index in [0.29, 0.717) is 11.7 Å². The zero-order valence-electron chi connectivity index (χ0n) is 11.2. The largest absolute Gasteiger partial charge is 0.380 e. The second-order valence-corrected chi connectivity index (χ2v) is 6.76. The van der Waals surface area contributed by atoms with Crippen LogP contribution in [0.1, 0.15) is 24.8 Å². The van der Waals surface area contributed by atoms with E-state index in [2.05, 4.69) is 5.32 Å². The van der Waals surface area contributed by atoms with Crippen LogP contribution in [0.25, 0.3) is 0 Å². The van der Waals surface area contributed by atoms with Gasteiger partial charge in [0.05, 0.1) is 11.3 Å². The van der Waals surface area contributed by atoms with Gasteiger partial charge in [-0.1, -0.05) is 6.07 Å². The van der Waals surface area contributed by atoms with Crippen LogP contribution in [0, 0.1) is 12.7 Å². The maximum absolute atomic E-state index is 13.8. The van der Waals surface area contributed by atoms with Crippen LogP contribution < -0.4 is 5.32 Å². The van der Waals surface area contributed by atoms with E-state index in [9.17, 15) is 4.39 Å². The van der Waals surface area contributed by atoms with Gasteiger partial charge in [-0.05, 0) is 49.6 Å². The van der Waals surface area contributed by atoms with E-state index in [4.69, 9.17) is 4.74 Å². The zero-order valence-corrected chi connectivity index (χ0v) is 12.1. The van der Waals surface area contributed by atoms with E-state index in [0.717, 1.165) is 37.2 Å². The fourth-order valence-electron chi connectivity index (χ4n) is 2.98. The molecule has 2 atom stereocenters. The monoisotopic (exact) mass is 281 g/mol. The minimum Gasteiger partial charge on any atom is -0.380 e. The molecule has 2 heterocycles. The standard InChI is InChI=1S/C15H20FNOS/c1-11-2-3-13(16)14(8-11)17-12-4-6-18-15(9-12)5-7-19-10-15/h2-3,8,12,17H,4-7,9-10H2,1H3. The fraction of sp³-hybridized carbons (Fsp3) is 0.600. The molecule has 1 aromatic carbocycles. The minimum atomic E-state index is -0.160. The molecule has 0 bridgehead atoms. The van der Waals surface area contributed by atoms with Gasteiger partial charge in [0.25, 0.3) is 0 Å². The summed E-state index contributed by atoms with van der Waals surface area (Å²) in [6, 6.07) is 5.56. The van der Waals surface area contributed by atoms with E-state index in [-0.39, 0.29) is 11.4 Å². The molecule has 1 aromatic rings. The molecule has 2 nitrogen and oxygen atoms in total. The number of aryl methyl sites for hydroxylation is 1. The first-order valence-corrected chi connectivity index (χ1v) is 8.07. The molecule has 2 saturated heterocycles. The first kappa shape index (κ1) is 13.3. The normalized spacial score (nSPS) is 30.7. The molecule has 0 aromatic heterocycles. The molecule has 2 aliphatic rings. The summed E-state index contributed by atoms with van der Waals surface area (Å²) < 4.78 is 19.8. The second kappa shape index (κ2) is 5.33. The lowest BCUT2D eigenvalue weighted by Gasteiger charge is -2.38. The molecule has 1 N–H and O–H groups in total. The van der Waals surface area contributed by atoms with Gasteiger partial charge in [-0.3, -0.25) is 0 Å². The molecule has 104 valence electrons.